The van der Waals surface area contributed by atoms with Gasteiger partial charge < -0.3 is 0 Å². The van der Waals surface area contributed by atoms with Crippen LogP contribution in [0.5, 0.6) is 0 Å². The van der Waals surface area contributed by atoms with Crippen molar-refractivity contribution in [2.75, 3.05) is 0 Å². The van der Waals surface area contributed by atoms with Crippen LogP contribution in [0.4, 0.5) is 0 Å². The van der Waals surface area contributed by atoms with Crippen molar-refractivity contribution in [2.24, 2.45) is 0 Å². The van der Waals surface area contributed by atoms with Crippen LogP contribution in [-0.4, -0.2) is 5.78 Å². The average molecular weight is 335 g/mol. The van der Waals surface area contributed by atoms with Gasteiger partial charge in [0.2, 0.25) is 0 Å². The maximum absolute atomic E-state index is 12.3. The summed E-state index contributed by atoms with van der Waals surface area (Å²) in [6.07, 6.45) is 5.35. The Morgan fingerprint density at radius 1 is 1.16 bits per heavy atom. The molecule has 1 aromatic carbocycles. The summed E-state index contributed by atoms with van der Waals surface area (Å²) in [6, 6.07) is 10.1. The minimum absolute atomic E-state index is 0.252. The van der Waals surface area contributed by atoms with E-state index in [4.69, 9.17) is 0 Å². The van der Waals surface area contributed by atoms with E-state index in [-0.39, 0.29) is 5.78 Å². The van der Waals surface area contributed by atoms with E-state index in [0.29, 0.717) is 6.42 Å². The Morgan fingerprint density at radius 3 is 2.63 bits per heavy atom. The molecule has 98 valence electrons. The molecule has 0 fully saturated rings. The van der Waals surface area contributed by atoms with Crippen LogP contribution in [-0.2, 0) is 19.3 Å². The van der Waals surface area contributed by atoms with Crippen molar-refractivity contribution in [3.8, 4) is 0 Å². The summed E-state index contributed by atoms with van der Waals surface area (Å²) < 4.78 is 1.05. The molecule has 19 heavy (non-hydrogen) atoms. The van der Waals surface area contributed by atoms with Crippen LogP contribution in [0.2, 0.25) is 0 Å². The third-order valence-electron chi connectivity index (χ3n) is 3.55. The molecule has 0 N–H and O–H groups in total. The normalized spacial score (nSPS) is 14.2. The van der Waals surface area contributed by atoms with Crippen LogP contribution >= 0.6 is 27.3 Å². The number of fused-ring (bicyclic) bond motifs is 1. The minimum atomic E-state index is 0.252. The van der Waals surface area contributed by atoms with Crippen LogP contribution in [0, 0.1) is 0 Å². The van der Waals surface area contributed by atoms with Gasteiger partial charge in [-0.2, -0.15) is 0 Å². The molecule has 3 rings (SSSR count). The molecule has 1 aromatic heterocycles. The van der Waals surface area contributed by atoms with Gasteiger partial charge in [0.1, 0.15) is 0 Å². The van der Waals surface area contributed by atoms with Crippen molar-refractivity contribution in [1.82, 2.24) is 0 Å². The van der Waals surface area contributed by atoms with Gasteiger partial charge in [0, 0.05) is 15.8 Å². The molecular weight excluding hydrogens is 320 g/mol. The van der Waals surface area contributed by atoms with E-state index in [1.807, 2.05) is 24.3 Å². The number of rotatable bonds is 3. The third-order valence-corrected chi connectivity index (χ3v) is 5.36. The van der Waals surface area contributed by atoms with Gasteiger partial charge in [0.05, 0.1) is 4.88 Å². The molecule has 0 amide bonds. The molecule has 0 aliphatic heterocycles. The molecule has 0 radical (unpaired) electrons. The quantitative estimate of drug-likeness (QED) is 0.736. The summed E-state index contributed by atoms with van der Waals surface area (Å²) in [5.41, 5.74) is 2.50. The van der Waals surface area contributed by atoms with Crippen LogP contribution in [0.3, 0.4) is 0 Å². The van der Waals surface area contributed by atoms with E-state index in [9.17, 15) is 4.79 Å². The summed E-state index contributed by atoms with van der Waals surface area (Å²) in [5.74, 6) is 0.252. The topological polar surface area (TPSA) is 17.1 Å². The van der Waals surface area contributed by atoms with Gasteiger partial charge in [-0.15, -0.1) is 11.3 Å². The number of aryl methyl sites for hydroxylation is 2. The Labute approximate surface area is 125 Å². The van der Waals surface area contributed by atoms with Gasteiger partial charge in [-0.25, -0.2) is 0 Å². The first-order valence-electron chi connectivity index (χ1n) is 6.61. The summed E-state index contributed by atoms with van der Waals surface area (Å²) in [7, 11) is 0. The Balaban J connectivity index is 1.76. The molecule has 1 aliphatic rings. The lowest BCUT2D eigenvalue weighted by atomic mass is 9.98. The number of benzene rings is 1. The molecule has 3 heteroatoms. The highest BCUT2D eigenvalue weighted by atomic mass is 79.9. The molecule has 0 saturated heterocycles. The second-order valence-electron chi connectivity index (χ2n) is 4.99. The highest BCUT2D eigenvalue weighted by Crippen LogP contribution is 2.30. The molecule has 2 aromatic rings. The Bertz CT molecular complexity index is 574. The van der Waals surface area contributed by atoms with Crippen molar-refractivity contribution >= 4 is 33.0 Å². The van der Waals surface area contributed by atoms with Crippen LogP contribution < -0.4 is 0 Å². The number of hydrogen-bond acceptors (Lipinski definition) is 2. The van der Waals surface area contributed by atoms with E-state index in [1.165, 1.54) is 23.3 Å². The zero-order chi connectivity index (χ0) is 13.2. The molecule has 0 atom stereocenters. The molecule has 0 saturated carbocycles. The van der Waals surface area contributed by atoms with Crippen molar-refractivity contribution in [1.29, 1.82) is 0 Å². The predicted molar refractivity (Wildman–Crippen MR) is 83.1 cm³/mol. The molecule has 1 heterocycles. The number of carbonyl (C=O) groups excluding carboxylic acids is 1. The SMILES string of the molecule is O=C(Cc1ccc(Br)cc1)c1cc2c(s1)CCCC2. The minimum Gasteiger partial charge on any atom is -0.293 e. The van der Waals surface area contributed by atoms with Gasteiger partial charge in [0.15, 0.2) is 5.78 Å². The van der Waals surface area contributed by atoms with Gasteiger partial charge >= 0.3 is 0 Å². The largest absolute Gasteiger partial charge is 0.293 e. The Kier molecular flexibility index (Phi) is 3.85. The zero-order valence-corrected chi connectivity index (χ0v) is 13.0. The van der Waals surface area contributed by atoms with Gasteiger partial charge in [0.25, 0.3) is 0 Å². The second kappa shape index (κ2) is 5.59. The first-order chi connectivity index (χ1) is 9.22. The first-order valence-corrected chi connectivity index (χ1v) is 8.22. The smallest absolute Gasteiger partial charge is 0.177 e. The average Bonchev–Trinajstić information content (AvgIpc) is 2.85. The fourth-order valence-corrected chi connectivity index (χ4v) is 3.96. The summed E-state index contributed by atoms with van der Waals surface area (Å²) >= 11 is 5.12. The Hall–Kier alpha value is -0.930. The standard InChI is InChI=1S/C16H15BrOS/c17-13-7-5-11(6-8-13)9-14(18)16-10-12-3-1-2-4-15(12)19-16/h5-8,10H,1-4,9H2. The monoisotopic (exact) mass is 334 g/mol. The molecule has 0 unspecified atom stereocenters. The lowest BCUT2D eigenvalue weighted by Gasteiger charge is -2.08. The number of thiophene rings is 1. The number of Topliss-reactive ketones (excluding diaryl/α,β-unsaturated/α-hetero) is 1. The van der Waals surface area contributed by atoms with Crippen molar-refractivity contribution in [3.63, 3.8) is 0 Å². The fraction of sp³-hybridized carbons (Fsp3) is 0.312. The Morgan fingerprint density at radius 2 is 1.89 bits per heavy atom. The molecule has 0 spiro atoms. The number of ketones is 1. The molecule has 1 nitrogen and oxygen atoms in total. The first kappa shape index (κ1) is 13.1. The van der Waals surface area contributed by atoms with Crippen LogP contribution in [0.15, 0.2) is 34.8 Å². The maximum Gasteiger partial charge on any atom is 0.177 e. The zero-order valence-electron chi connectivity index (χ0n) is 10.6. The van der Waals surface area contributed by atoms with Gasteiger partial charge in [-0.3, -0.25) is 4.79 Å². The highest BCUT2D eigenvalue weighted by molar-refractivity contribution is 9.10. The molecule has 1 aliphatic carbocycles. The highest BCUT2D eigenvalue weighted by Gasteiger charge is 2.17. The summed E-state index contributed by atoms with van der Waals surface area (Å²) in [5, 5.41) is 0. The lowest BCUT2D eigenvalue weighted by molar-refractivity contribution is 0.0997. The van der Waals surface area contributed by atoms with Crippen LogP contribution in [0.25, 0.3) is 0 Å². The third kappa shape index (κ3) is 2.98. The molecular formula is C16H15BrOS. The van der Waals surface area contributed by atoms with Crippen molar-refractivity contribution in [3.05, 3.63) is 55.7 Å². The van der Waals surface area contributed by atoms with Crippen LogP contribution in [0.1, 0.15) is 38.5 Å². The van der Waals surface area contributed by atoms with Crippen molar-refractivity contribution in [2.45, 2.75) is 32.1 Å². The van der Waals surface area contributed by atoms with Gasteiger partial charge in [-0.05, 0) is 55.0 Å². The van der Waals surface area contributed by atoms with E-state index >= 15 is 0 Å². The summed E-state index contributed by atoms with van der Waals surface area (Å²) in [6.45, 7) is 0. The fourth-order valence-electron chi connectivity index (χ4n) is 2.50. The molecule has 0 bridgehead atoms. The predicted octanol–water partition coefficient (Wildman–Crippen LogP) is 4.81. The maximum atomic E-state index is 12.3. The van der Waals surface area contributed by atoms with E-state index < -0.39 is 0 Å². The number of hydrogen-bond donors (Lipinski definition) is 0. The van der Waals surface area contributed by atoms with Crippen molar-refractivity contribution < 1.29 is 4.79 Å². The number of halogens is 1. The van der Waals surface area contributed by atoms with E-state index in [1.54, 1.807) is 11.3 Å². The summed E-state index contributed by atoms with van der Waals surface area (Å²) in [4.78, 5) is 14.7. The second-order valence-corrected chi connectivity index (χ2v) is 7.05. The van der Waals surface area contributed by atoms with E-state index in [2.05, 4.69) is 22.0 Å². The number of carbonyl (C=O) groups is 1. The lowest BCUT2D eigenvalue weighted by Crippen LogP contribution is -2.01. The van der Waals surface area contributed by atoms with Gasteiger partial charge in [-0.1, -0.05) is 28.1 Å². The van der Waals surface area contributed by atoms with E-state index in [0.717, 1.165) is 27.8 Å².